The summed E-state index contributed by atoms with van der Waals surface area (Å²) < 4.78 is 29.2. The Bertz CT molecular complexity index is 806. The number of aliphatic carboxylic acids is 1. The molecule has 4 rings (SSSR count). The standard InChI is InChI=1S/C22H31NO9S/c24-18-15-9-5-2-6-10-30-21(19(18)25)32-17(15)13-33(29)12-16(20(26)27)23-22(28)31-11-14-7-3-1-4-8-14/h1,3-4,7-8,15-19,21,24-25H,2,5-6,9-13H2,(H,23,28)(H,26,27). The van der Waals surface area contributed by atoms with Crippen LogP contribution in [0.2, 0.25) is 0 Å². The maximum absolute atomic E-state index is 12.8. The highest BCUT2D eigenvalue weighted by Crippen LogP contribution is 2.32. The van der Waals surface area contributed by atoms with Gasteiger partial charge in [0, 0.05) is 23.3 Å². The number of rotatable bonds is 8. The average Bonchev–Trinajstić information content (AvgIpc) is 2.80. The lowest BCUT2D eigenvalue weighted by atomic mass is 9.85. The molecule has 3 fully saturated rings. The number of carbonyl (C=O) groups excluding carboxylic acids is 1. The Morgan fingerprint density at radius 3 is 2.64 bits per heavy atom. The first kappa shape index (κ1) is 25.6. The topological polar surface area (TPSA) is 152 Å². The van der Waals surface area contributed by atoms with Gasteiger partial charge >= 0.3 is 12.1 Å². The molecule has 0 aromatic heterocycles. The molecule has 0 saturated carbocycles. The van der Waals surface area contributed by atoms with Crippen LogP contribution in [0.1, 0.15) is 31.2 Å². The van der Waals surface area contributed by atoms with Crippen molar-refractivity contribution in [2.75, 3.05) is 18.1 Å². The molecule has 184 valence electrons. The molecule has 1 aromatic carbocycles. The molecule has 0 radical (unpaired) electrons. The average molecular weight is 486 g/mol. The number of carboxylic acid groups (broad SMARTS) is 1. The highest BCUT2D eigenvalue weighted by Gasteiger charge is 2.45. The zero-order valence-electron chi connectivity index (χ0n) is 18.2. The van der Waals surface area contributed by atoms with Crippen molar-refractivity contribution < 1.29 is 43.3 Å². The van der Waals surface area contributed by atoms with Crippen LogP contribution in [0.4, 0.5) is 4.79 Å². The SMILES string of the molecule is O=C(NC(CS(=O)CC1OC2OCCCCCC1C(O)C2O)C(=O)O)OCc1ccccc1. The third-order valence-electron chi connectivity index (χ3n) is 5.82. The molecule has 1 amide bonds. The predicted octanol–water partition coefficient (Wildman–Crippen LogP) is 0.768. The second kappa shape index (κ2) is 12.4. The molecule has 0 aliphatic carbocycles. The van der Waals surface area contributed by atoms with E-state index in [-0.39, 0.29) is 18.1 Å². The summed E-state index contributed by atoms with van der Waals surface area (Å²) in [5.74, 6) is -2.20. The van der Waals surface area contributed by atoms with Crippen LogP contribution >= 0.6 is 0 Å². The first-order chi connectivity index (χ1) is 15.8. The van der Waals surface area contributed by atoms with Gasteiger partial charge in [0.2, 0.25) is 0 Å². The predicted molar refractivity (Wildman–Crippen MR) is 118 cm³/mol. The number of nitrogens with one attached hydrogen (secondary N) is 1. The Kier molecular flexibility index (Phi) is 9.63. The second-order valence-electron chi connectivity index (χ2n) is 8.28. The zero-order valence-corrected chi connectivity index (χ0v) is 19.0. The molecule has 1 aromatic rings. The normalized spacial score (nSPS) is 29.6. The minimum absolute atomic E-state index is 0.0265. The number of ether oxygens (including phenoxy) is 3. The van der Waals surface area contributed by atoms with E-state index in [0.29, 0.717) is 13.0 Å². The minimum Gasteiger partial charge on any atom is -0.480 e. The fraction of sp³-hybridized carbons (Fsp3) is 0.636. The summed E-state index contributed by atoms with van der Waals surface area (Å²) in [6, 6.07) is 7.50. The van der Waals surface area contributed by atoms with Crippen LogP contribution < -0.4 is 5.32 Å². The third kappa shape index (κ3) is 7.47. The number of hydrogen-bond acceptors (Lipinski definition) is 8. The van der Waals surface area contributed by atoms with E-state index in [2.05, 4.69) is 5.32 Å². The Balaban J connectivity index is 1.56. The fourth-order valence-corrected chi connectivity index (χ4v) is 5.45. The van der Waals surface area contributed by atoms with Gasteiger partial charge in [-0.05, 0) is 18.4 Å². The summed E-state index contributed by atoms with van der Waals surface area (Å²) in [5, 5.41) is 32.5. The summed E-state index contributed by atoms with van der Waals surface area (Å²) in [7, 11) is -1.70. The van der Waals surface area contributed by atoms with Crippen LogP contribution in [0.15, 0.2) is 30.3 Å². The van der Waals surface area contributed by atoms with Gasteiger partial charge in [0.1, 0.15) is 18.8 Å². The number of aliphatic hydroxyl groups excluding tert-OH is 2. The number of fused-ring (bicyclic) bond motifs is 7. The van der Waals surface area contributed by atoms with E-state index in [1.807, 2.05) is 6.07 Å². The third-order valence-corrected chi connectivity index (χ3v) is 7.23. The van der Waals surface area contributed by atoms with Crippen LogP contribution in [0.5, 0.6) is 0 Å². The van der Waals surface area contributed by atoms with Crippen molar-refractivity contribution in [3.63, 3.8) is 0 Å². The van der Waals surface area contributed by atoms with E-state index >= 15 is 0 Å². The van der Waals surface area contributed by atoms with Gasteiger partial charge in [-0.1, -0.05) is 43.2 Å². The lowest BCUT2D eigenvalue weighted by molar-refractivity contribution is -0.284. The lowest BCUT2D eigenvalue weighted by Crippen LogP contribution is -2.57. The van der Waals surface area contributed by atoms with Crippen molar-refractivity contribution in [3.8, 4) is 0 Å². The molecular formula is C22H31NO9S. The maximum atomic E-state index is 12.8. The van der Waals surface area contributed by atoms with E-state index in [0.717, 1.165) is 24.8 Å². The molecule has 3 saturated heterocycles. The van der Waals surface area contributed by atoms with Gasteiger partial charge in [-0.25, -0.2) is 9.59 Å². The van der Waals surface area contributed by atoms with Gasteiger partial charge in [-0.2, -0.15) is 0 Å². The first-order valence-corrected chi connectivity index (χ1v) is 12.5. The van der Waals surface area contributed by atoms with Gasteiger partial charge in [-0.15, -0.1) is 0 Å². The first-order valence-electron chi connectivity index (χ1n) is 11.0. The van der Waals surface area contributed by atoms with Crippen molar-refractivity contribution in [3.05, 3.63) is 35.9 Å². The van der Waals surface area contributed by atoms with E-state index in [9.17, 15) is 29.1 Å². The van der Waals surface area contributed by atoms with Crippen LogP contribution in [-0.4, -0.2) is 80.3 Å². The molecule has 11 heteroatoms. The van der Waals surface area contributed by atoms with Crippen molar-refractivity contribution >= 4 is 22.9 Å². The molecule has 3 heterocycles. The minimum atomic E-state index is -1.70. The van der Waals surface area contributed by atoms with Crippen molar-refractivity contribution in [1.82, 2.24) is 5.32 Å². The molecule has 33 heavy (non-hydrogen) atoms. The molecule has 4 N–H and O–H groups in total. The monoisotopic (exact) mass is 485 g/mol. The molecule has 7 atom stereocenters. The molecule has 3 aliphatic rings. The summed E-state index contributed by atoms with van der Waals surface area (Å²) in [5.41, 5.74) is 0.745. The Labute approximate surface area is 194 Å². The van der Waals surface area contributed by atoms with Gasteiger partial charge in [0.15, 0.2) is 6.29 Å². The Morgan fingerprint density at radius 1 is 1.15 bits per heavy atom. The quantitative estimate of drug-likeness (QED) is 0.418. The van der Waals surface area contributed by atoms with Gasteiger partial charge in [0.05, 0.1) is 23.7 Å². The molecule has 10 nitrogen and oxygen atoms in total. The maximum Gasteiger partial charge on any atom is 0.408 e. The summed E-state index contributed by atoms with van der Waals surface area (Å²) >= 11 is 0. The molecule has 3 aliphatic heterocycles. The van der Waals surface area contributed by atoms with Crippen LogP contribution in [0.25, 0.3) is 0 Å². The van der Waals surface area contributed by atoms with Gasteiger partial charge in [0.25, 0.3) is 0 Å². The fourth-order valence-electron chi connectivity index (χ4n) is 4.02. The molecule has 2 bridgehead atoms. The lowest BCUT2D eigenvalue weighted by Gasteiger charge is -2.43. The number of amides is 1. The van der Waals surface area contributed by atoms with E-state index in [1.54, 1.807) is 24.3 Å². The number of carbonyl (C=O) groups is 2. The largest absolute Gasteiger partial charge is 0.480 e. The summed E-state index contributed by atoms with van der Waals surface area (Å²) in [6.07, 6.45) is -1.83. The van der Waals surface area contributed by atoms with Crippen molar-refractivity contribution in [2.24, 2.45) is 5.92 Å². The van der Waals surface area contributed by atoms with Crippen LogP contribution in [-0.2, 0) is 36.4 Å². The summed E-state index contributed by atoms with van der Waals surface area (Å²) in [6.45, 7) is 0.353. The number of carboxylic acids is 1. The number of alkyl carbamates (subject to hydrolysis) is 1. The van der Waals surface area contributed by atoms with Gasteiger partial charge in [-0.3, -0.25) is 4.21 Å². The van der Waals surface area contributed by atoms with E-state index in [4.69, 9.17) is 14.2 Å². The van der Waals surface area contributed by atoms with Crippen LogP contribution in [0.3, 0.4) is 0 Å². The number of aliphatic hydroxyl groups is 2. The molecule has 7 unspecified atom stereocenters. The van der Waals surface area contributed by atoms with Crippen LogP contribution in [0, 0.1) is 5.92 Å². The van der Waals surface area contributed by atoms with Crippen molar-refractivity contribution in [1.29, 1.82) is 0 Å². The summed E-state index contributed by atoms with van der Waals surface area (Å²) in [4.78, 5) is 23.7. The Morgan fingerprint density at radius 2 is 1.91 bits per heavy atom. The van der Waals surface area contributed by atoms with E-state index in [1.165, 1.54) is 0 Å². The van der Waals surface area contributed by atoms with E-state index < -0.39 is 59.4 Å². The second-order valence-corrected chi connectivity index (χ2v) is 9.82. The van der Waals surface area contributed by atoms with Gasteiger partial charge < -0.3 is 34.8 Å². The number of hydrogen-bond donors (Lipinski definition) is 4. The molecular weight excluding hydrogens is 454 g/mol. The Hall–Kier alpha value is -2.05. The molecule has 0 spiro atoms. The highest BCUT2D eigenvalue weighted by molar-refractivity contribution is 7.85. The highest BCUT2D eigenvalue weighted by atomic mass is 32.2. The smallest absolute Gasteiger partial charge is 0.408 e. The zero-order chi connectivity index (χ0) is 23.8. The van der Waals surface area contributed by atoms with Crippen molar-refractivity contribution in [2.45, 2.75) is 62.9 Å². The number of benzene rings is 1.